The van der Waals surface area contributed by atoms with Crippen LogP contribution in [0.15, 0.2) is 75.5 Å². The van der Waals surface area contributed by atoms with Gasteiger partial charge in [-0.3, -0.25) is 0 Å². The van der Waals surface area contributed by atoms with Crippen molar-refractivity contribution in [3.63, 3.8) is 0 Å². The minimum Gasteiger partial charge on any atom is -0.361 e. The number of nitrogens with zero attached hydrogens (tertiary/aromatic N) is 1. The number of benzene rings is 2. The summed E-state index contributed by atoms with van der Waals surface area (Å²) >= 11 is 4.97. The van der Waals surface area contributed by atoms with Gasteiger partial charge in [0, 0.05) is 39.5 Å². The predicted molar refractivity (Wildman–Crippen MR) is 123 cm³/mol. The Kier molecular flexibility index (Phi) is 5.92. The van der Waals surface area contributed by atoms with E-state index in [0.717, 1.165) is 31.4 Å². The molecule has 0 aliphatic heterocycles. The number of nitrogens with one attached hydrogen (secondary N) is 1. The highest BCUT2D eigenvalue weighted by Crippen LogP contribution is 2.25. The summed E-state index contributed by atoms with van der Waals surface area (Å²) < 4.78 is 29.3. The quantitative estimate of drug-likeness (QED) is 0.360. The fourth-order valence-electron chi connectivity index (χ4n) is 3.35. The summed E-state index contributed by atoms with van der Waals surface area (Å²) in [5.74, 6) is 0. The molecule has 2 aromatic carbocycles. The second-order valence-corrected chi connectivity index (χ2v) is 10.8. The molecule has 0 fully saturated rings. The third kappa shape index (κ3) is 4.33. The van der Waals surface area contributed by atoms with E-state index >= 15 is 0 Å². The second-order valence-electron chi connectivity index (χ2n) is 6.93. The number of hydrogen-bond acceptors (Lipinski definition) is 3. The van der Waals surface area contributed by atoms with E-state index < -0.39 is 10.0 Å². The number of fused-ring (bicyclic) bond motifs is 1. The van der Waals surface area contributed by atoms with Gasteiger partial charge in [0.1, 0.15) is 0 Å². The lowest BCUT2D eigenvalue weighted by atomic mass is 10.1. The molecule has 1 N–H and O–H groups in total. The lowest BCUT2D eigenvalue weighted by Gasteiger charge is -2.22. The van der Waals surface area contributed by atoms with Gasteiger partial charge in [0.2, 0.25) is 10.0 Å². The van der Waals surface area contributed by atoms with E-state index in [4.69, 9.17) is 0 Å². The van der Waals surface area contributed by atoms with Crippen molar-refractivity contribution in [2.75, 3.05) is 6.54 Å². The molecule has 150 valence electrons. The summed E-state index contributed by atoms with van der Waals surface area (Å²) in [5.41, 5.74) is 3.32. The van der Waals surface area contributed by atoms with E-state index in [-0.39, 0.29) is 0 Å². The SMILES string of the molecule is Cc1ccsc1CN(CCc1c[nH]c2ccccc12)S(=O)(=O)c1ccc(Br)cc1. The van der Waals surface area contributed by atoms with Crippen molar-refractivity contribution in [2.45, 2.75) is 24.8 Å². The van der Waals surface area contributed by atoms with Crippen LogP contribution in [0.2, 0.25) is 0 Å². The number of rotatable bonds is 7. The first-order chi connectivity index (χ1) is 13.9. The summed E-state index contributed by atoms with van der Waals surface area (Å²) in [6, 6.07) is 17.0. The third-order valence-electron chi connectivity index (χ3n) is 5.05. The van der Waals surface area contributed by atoms with Crippen molar-refractivity contribution in [1.29, 1.82) is 0 Å². The maximum absolute atomic E-state index is 13.4. The molecule has 0 saturated heterocycles. The van der Waals surface area contributed by atoms with Gasteiger partial charge in [-0.2, -0.15) is 4.31 Å². The van der Waals surface area contributed by atoms with Crippen molar-refractivity contribution >= 4 is 48.2 Å². The Balaban J connectivity index is 1.64. The number of aromatic nitrogens is 1. The Morgan fingerprint density at radius 1 is 1.07 bits per heavy atom. The second kappa shape index (κ2) is 8.44. The fourth-order valence-corrected chi connectivity index (χ4v) is 6.03. The Labute approximate surface area is 183 Å². The summed E-state index contributed by atoms with van der Waals surface area (Å²) in [5, 5.41) is 3.15. The monoisotopic (exact) mass is 488 g/mol. The largest absolute Gasteiger partial charge is 0.361 e. The first-order valence-corrected chi connectivity index (χ1v) is 12.4. The van der Waals surface area contributed by atoms with Gasteiger partial charge >= 0.3 is 0 Å². The van der Waals surface area contributed by atoms with Gasteiger partial charge in [-0.15, -0.1) is 11.3 Å². The molecule has 0 aliphatic rings. The van der Waals surface area contributed by atoms with Crippen molar-refractivity contribution in [2.24, 2.45) is 0 Å². The molecule has 7 heteroatoms. The summed E-state index contributed by atoms with van der Waals surface area (Å²) in [6.45, 7) is 2.82. The number of aromatic amines is 1. The molecule has 0 unspecified atom stereocenters. The minimum atomic E-state index is -3.61. The molecule has 4 nitrogen and oxygen atoms in total. The highest BCUT2D eigenvalue weighted by atomic mass is 79.9. The van der Waals surface area contributed by atoms with E-state index in [2.05, 4.69) is 27.0 Å². The normalized spacial score (nSPS) is 12.1. The number of thiophene rings is 1. The van der Waals surface area contributed by atoms with E-state index in [9.17, 15) is 8.42 Å². The van der Waals surface area contributed by atoms with Crippen LogP contribution in [0.1, 0.15) is 16.0 Å². The smallest absolute Gasteiger partial charge is 0.243 e. The highest BCUT2D eigenvalue weighted by Gasteiger charge is 2.25. The predicted octanol–water partition coefficient (Wildman–Crippen LogP) is 5.73. The Morgan fingerprint density at radius 2 is 1.83 bits per heavy atom. The number of sulfonamides is 1. The molecule has 0 aliphatic carbocycles. The van der Waals surface area contributed by atoms with Crippen molar-refractivity contribution < 1.29 is 8.42 Å². The number of H-pyrrole nitrogens is 1. The van der Waals surface area contributed by atoms with Crippen LogP contribution in [0.5, 0.6) is 0 Å². The number of halogens is 1. The number of para-hydroxylation sites is 1. The van der Waals surface area contributed by atoms with E-state index in [1.807, 2.05) is 42.8 Å². The van der Waals surface area contributed by atoms with Crippen LogP contribution in [-0.4, -0.2) is 24.3 Å². The van der Waals surface area contributed by atoms with Crippen LogP contribution < -0.4 is 0 Å². The number of aryl methyl sites for hydroxylation is 1. The molecule has 0 radical (unpaired) electrons. The summed E-state index contributed by atoms with van der Waals surface area (Å²) in [7, 11) is -3.61. The summed E-state index contributed by atoms with van der Waals surface area (Å²) in [6.07, 6.45) is 2.62. The molecular weight excluding hydrogens is 468 g/mol. The van der Waals surface area contributed by atoms with E-state index in [0.29, 0.717) is 24.4 Å². The Bertz CT molecular complexity index is 1230. The first kappa shape index (κ1) is 20.3. The van der Waals surface area contributed by atoms with Crippen molar-refractivity contribution in [1.82, 2.24) is 9.29 Å². The molecule has 4 aromatic rings. The molecule has 0 saturated carbocycles. The van der Waals surface area contributed by atoms with Crippen molar-refractivity contribution in [3.8, 4) is 0 Å². The standard InChI is InChI=1S/C22H21BrN2O2S2/c1-16-11-13-28-22(16)15-25(29(26,27)19-8-6-18(23)7-9-19)12-10-17-14-24-21-5-3-2-4-20(17)21/h2-9,11,13-14,24H,10,12,15H2,1H3. The van der Waals surface area contributed by atoms with Crippen LogP contribution in [0, 0.1) is 6.92 Å². The lowest BCUT2D eigenvalue weighted by molar-refractivity contribution is 0.412. The minimum absolute atomic E-state index is 0.314. The van der Waals surface area contributed by atoms with Crippen molar-refractivity contribution in [3.05, 3.63) is 86.7 Å². The van der Waals surface area contributed by atoms with Crippen LogP contribution >= 0.6 is 27.3 Å². The molecule has 0 bridgehead atoms. The Morgan fingerprint density at radius 3 is 2.55 bits per heavy atom. The zero-order valence-electron chi connectivity index (χ0n) is 15.9. The maximum Gasteiger partial charge on any atom is 0.243 e. The zero-order chi connectivity index (χ0) is 20.4. The van der Waals surface area contributed by atoms with Gasteiger partial charge in [-0.1, -0.05) is 34.1 Å². The topological polar surface area (TPSA) is 53.2 Å². The van der Waals surface area contributed by atoms with Gasteiger partial charge in [0.25, 0.3) is 0 Å². The van der Waals surface area contributed by atoms with Crippen LogP contribution in [0.25, 0.3) is 10.9 Å². The molecule has 2 heterocycles. The first-order valence-electron chi connectivity index (χ1n) is 9.29. The highest BCUT2D eigenvalue weighted by molar-refractivity contribution is 9.10. The van der Waals surface area contributed by atoms with E-state index in [1.165, 1.54) is 0 Å². The van der Waals surface area contributed by atoms with Gasteiger partial charge in [0.05, 0.1) is 4.90 Å². The lowest BCUT2D eigenvalue weighted by Crippen LogP contribution is -2.32. The van der Waals surface area contributed by atoms with Crippen LogP contribution in [-0.2, 0) is 23.0 Å². The fraction of sp³-hybridized carbons (Fsp3) is 0.182. The summed E-state index contributed by atoms with van der Waals surface area (Å²) in [4.78, 5) is 4.66. The molecule has 0 amide bonds. The average Bonchev–Trinajstić information content (AvgIpc) is 3.31. The molecule has 4 rings (SSSR count). The van der Waals surface area contributed by atoms with Gasteiger partial charge in [-0.05, 0) is 66.2 Å². The molecule has 0 spiro atoms. The molecular formula is C22H21BrN2O2S2. The van der Waals surface area contributed by atoms with Gasteiger partial charge in [-0.25, -0.2) is 8.42 Å². The maximum atomic E-state index is 13.4. The Hall–Kier alpha value is -1.93. The van der Waals surface area contributed by atoms with Gasteiger partial charge < -0.3 is 4.98 Å². The zero-order valence-corrected chi connectivity index (χ0v) is 19.1. The molecule has 2 aromatic heterocycles. The van der Waals surface area contributed by atoms with Crippen LogP contribution in [0.4, 0.5) is 0 Å². The number of hydrogen-bond donors (Lipinski definition) is 1. The van der Waals surface area contributed by atoms with Crippen LogP contribution in [0.3, 0.4) is 0 Å². The molecule has 0 atom stereocenters. The third-order valence-corrected chi connectivity index (χ3v) is 8.44. The average molecular weight is 489 g/mol. The molecule has 29 heavy (non-hydrogen) atoms. The van der Waals surface area contributed by atoms with Gasteiger partial charge in [0.15, 0.2) is 0 Å². The van der Waals surface area contributed by atoms with E-state index in [1.54, 1.807) is 39.9 Å².